The van der Waals surface area contributed by atoms with Gasteiger partial charge in [-0.25, -0.2) is 0 Å². The van der Waals surface area contributed by atoms with E-state index < -0.39 is 5.60 Å². The maximum atomic E-state index is 11.6. The Hall–Kier alpha value is -1.01. The molecule has 0 aromatic carbocycles. The highest BCUT2D eigenvalue weighted by molar-refractivity contribution is 5.69. The van der Waals surface area contributed by atoms with Crippen LogP contribution < -0.4 is 5.32 Å². The number of ether oxygens (including phenoxy) is 12. The van der Waals surface area contributed by atoms with Gasteiger partial charge in [0.15, 0.2) is 0 Å². The standard InChI is InChI=1S/C30H61NO13/c1-30(2,3)44-29(32)5-7-33-9-11-35-13-15-37-17-19-39-21-23-41-25-27-43-28-26-42-24-22-40-20-18-38-16-14-36-12-10-34-8-6-31-4/h31H,5-28H2,1-4H3. The van der Waals surface area contributed by atoms with E-state index >= 15 is 0 Å². The largest absolute Gasteiger partial charge is 0.460 e. The van der Waals surface area contributed by atoms with Gasteiger partial charge in [-0.3, -0.25) is 4.79 Å². The van der Waals surface area contributed by atoms with Crippen LogP contribution in [-0.4, -0.2) is 171 Å². The number of carbonyl (C=O) groups excluding carboxylic acids is 1. The maximum absolute atomic E-state index is 11.6. The number of hydrogen-bond donors (Lipinski definition) is 1. The van der Waals surface area contributed by atoms with Gasteiger partial charge in [-0.1, -0.05) is 0 Å². The summed E-state index contributed by atoms with van der Waals surface area (Å²) in [7, 11) is 1.89. The number of nitrogens with one attached hydrogen (secondary N) is 1. The number of rotatable bonds is 36. The molecule has 0 aliphatic rings. The van der Waals surface area contributed by atoms with Crippen LogP contribution in [0.15, 0.2) is 0 Å². The SMILES string of the molecule is CNCCOCCOCCOCCOCCOCCOCCOCCOCCOCCOCCOCCC(=O)OC(C)(C)C. The van der Waals surface area contributed by atoms with Crippen molar-refractivity contribution in [2.24, 2.45) is 0 Å². The van der Waals surface area contributed by atoms with Gasteiger partial charge in [-0.05, 0) is 27.8 Å². The van der Waals surface area contributed by atoms with E-state index in [4.69, 9.17) is 56.8 Å². The quantitative estimate of drug-likeness (QED) is 0.0770. The zero-order valence-electron chi connectivity index (χ0n) is 27.8. The maximum Gasteiger partial charge on any atom is 0.308 e. The van der Waals surface area contributed by atoms with Crippen LogP contribution >= 0.6 is 0 Å². The van der Waals surface area contributed by atoms with Gasteiger partial charge in [0, 0.05) is 6.54 Å². The van der Waals surface area contributed by atoms with Crippen LogP contribution in [0.4, 0.5) is 0 Å². The van der Waals surface area contributed by atoms with Crippen LogP contribution in [0.2, 0.25) is 0 Å². The molecule has 14 heteroatoms. The lowest BCUT2D eigenvalue weighted by Crippen LogP contribution is -2.24. The molecule has 14 nitrogen and oxygen atoms in total. The fourth-order valence-electron chi connectivity index (χ4n) is 3.02. The molecule has 1 N–H and O–H groups in total. The van der Waals surface area contributed by atoms with E-state index in [1.165, 1.54) is 0 Å². The average molecular weight is 644 g/mol. The zero-order chi connectivity index (χ0) is 32.2. The Morgan fingerprint density at radius 2 is 0.636 bits per heavy atom. The molecule has 0 atom stereocenters. The molecule has 0 radical (unpaired) electrons. The molecule has 0 bridgehead atoms. The van der Waals surface area contributed by atoms with Crippen molar-refractivity contribution in [2.45, 2.75) is 32.8 Å². The lowest BCUT2D eigenvalue weighted by Gasteiger charge is -2.19. The smallest absolute Gasteiger partial charge is 0.308 e. The third-order valence-electron chi connectivity index (χ3n) is 5.09. The van der Waals surface area contributed by atoms with Gasteiger partial charge in [-0.2, -0.15) is 0 Å². The molecule has 0 spiro atoms. The van der Waals surface area contributed by atoms with Crippen molar-refractivity contribution >= 4 is 5.97 Å². The highest BCUT2D eigenvalue weighted by Crippen LogP contribution is 2.08. The number of esters is 1. The highest BCUT2D eigenvalue weighted by Gasteiger charge is 2.15. The Morgan fingerprint density at radius 3 is 0.864 bits per heavy atom. The van der Waals surface area contributed by atoms with Crippen LogP contribution in [0.25, 0.3) is 0 Å². The fourth-order valence-corrected chi connectivity index (χ4v) is 3.02. The molecule has 0 amide bonds. The molecule has 0 aliphatic heterocycles. The fraction of sp³-hybridized carbons (Fsp3) is 0.967. The molecule has 0 saturated carbocycles. The summed E-state index contributed by atoms with van der Waals surface area (Å²) in [4.78, 5) is 11.6. The van der Waals surface area contributed by atoms with E-state index in [9.17, 15) is 4.79 Å². The van der Waals surface area contributed by atoms with E-state index in [1.807, 2.05) is 27.8 Å². The molecule has 0 aromatic rings. The van der Waals surface area contributed by atoms with Crippen LogP contribution in [0.5, 0.6) is 0 Å². The summed E-state index contributed by atoms with van der Waals surface area (Å²) in [5, 5.41) is 3.02. The Balaban J connectivity index is 3.09. The molecule has 0 aromatic heterocycles. The second-order valence-corrected chi connectivity index (χ2v) is 10.2. The molecule has 0 heterocycles. The summed E-state index contributed by atoms with van der Waals surface area (Å²) in [6, 6.07) is 0. The van der Waals surface area contributed by atoms with Crippen molar-refractivity contribution in [1.29, 1.82) is 0 Å². The normalized spacial score (nSPS) is 11.8. The van der Waals surface area contributed by atoms with Crippen molar-refractivity contribution in [3.8, 4) is 0 Å². The zero-order valence-corrected chi connectivity index (χ0v) is 27.8. The van der Waals surface area contributed by atoms with Gasteiger partial charge in [0.25, 0.3) is 0 Å². The van der Waals surface area contributed by atoms with Crippen LogP contribution in [-0.2, 0) is 61.6 Å². The molecule has 0 unspecified atom stereocenters. The summed E-state index contributed by atoms with van der Waals surface area (Å²) in [5.74, 6) is -0.264. The predicted molar refractivity (Wildman–Crippen MR) is 163 cm³/mol. The second-order valence-electron chi connectivity index (χ2n) is 10.2. The summed E-state index contributed by atoms with van der Waals surface area (Å²) in [6.07, 6.45) is 0.233. The molecule has 0 aliphatic carbocycles. The molecule has 0 rings (SSSR count). The molecular formula is C30H61NO13. The van der Waals surface area contributed by atoms with Crippen LogP contribution in [0.1, 0.15) is 27.2 Å². The molecular weight excluding hydrogens is 582 g/mol. The average Bonchev–Trinajstić information content (AvgIpc) is 2.98. The number of hydrogen-bond acceptors (Lipinski definition) is 14. The van der Waals surface area contributed by atoms with Gasteiger partial charge < -0.3 is 62.2 Å². The van der Waals surface area contributed by atoms with E-state index in [-0.39, 0.29) is 12.4 Å². The summed E-state index contributed by atoms with van der Waals surface area (Å²) in [6.45, 7) is 17.5. The van der Waals surface area contributed by atoms with Gasteiger partial charge in [0.05, 0.1) is 152 Å². The van der Waals surface area contributed by atoms with Gasteiger partial charge >= 0.3 is 5.97 Å². The van der Waals surface area contributed by atoms with Crippen molar-refractivity contribution in [3.63, 3.8) is 0 Å². The van der Waals surface area contributed by atoms with Gasteiger partial charge in [0.1, 0.15) is 5.60 Å². The highest BCUT2D eigenvalue weighted by atomic mass is 16.6. The van der Waals surface area contributed by atoms with E-state index in [2.05, 4.69) is 5.32 Å². The molecule has 44 heavy (non-hydrogen) atoms. The summed E-state index contributed by atoms with van der Waals surface area (Å²) >= 11 is 0. The lowest BCUT2D eigenvalue weighted by atomic mass is 10.2. The Bertz CT molecular complexity index is 582. The molecule has 264 valence electrons. The van der Waals surface area contributed by atoms with Gasteiger partial charge in [0.2, 0.25) is 0 Å². The molecule has 0 fully saturated rings. The van der Waals surface area contributed by atoms with E-state index in [1.54, 1.807) is 0 Å². The van der Waals surface area contributed by atoms with Crippen LogP contribution in [0.3, 0.4) is 0 Å². The number of likely N-dealkylation sites (N-methyl/N-ethyl adjacent to an activating group) is 1. The van der Waals surface area contributed by atoms with E-state index in [0.717, 1.165) is 6.54 Å². The first-order chi connectivity index (χ1) is 21.5. The Labute approximate surface area is 264 Å². The minimum absolute atomic E-state index is 0.233. The first kappa shape index (κ1) is 43.0. The first-order valence-corrected chi connectivity index (χ1v) is 15.7. The second kappa shape index (κ2) is 34.9. The third kappa shape index (κ3) is 39.0. The van der Waals surface area contributed by atoms with Gasteiger partial charge in [-0.15, -0.1) is 0 Å². The third-order valence-corrected chi connectivity index (χ3v) is 5.09. The van der Waals surface area contributed by atoms with Crippen molar-refractivity contribution in [3.05, 3.63) is 0 Å². The Morgan fingerprint density at radius 1 is 0.409 bits per heavy atom. The van der Waals surface area contributed by atoms with Crippen LogP contribution in [0, 0.1) is 0 Å². The van der Waals surface area contributed by atoms with Crippen molar-refractivity contribution in [2.75, 3.05) is 159 Å². The summed E-state index contributed by atoms with van der Waals surface area (Å²) < 4.78 is 65.0. The number of carbonyl (C=O) groups is 1. The summed E-state index contributed by atoms with van der Waals surface area (Å²) in [5.41, 5.74) is -0.472. The molecule has 0 saturated heterocycles. The monoisotopic (exact) mass is 643 g/mol. The first-order valence-electron chi connectivity index (χ1n) is 15.7. The topological polar surface area (TPSA) is 140 Å². The minimum atomic E-state index is -0.472. The van der Waals surface area contributed by atoms with Crippen molar-refractivity contribution < 1.29 is 61.6 Å². The lowest BCUT2D eigenvalue weighted by molar-refractivity contribution is -0.156. The Kier molecular flexibility index (Phi) is 34.1. The minimum Gasteiger partial charge on any atom is -0.460 e. The predicted octanol–water partition coefficient (Wildman–Crippen LogP) is 1.12. The van der Waals surface area contributed by atoms with E-state index in [0.29, 0.717) is 145 Å². The van der Waals surface area contributed by atoms with Crippen molar-refractivity contribution in [1.82, 2.24) is 5.32 Å².